The Morgan fingerprint density at radius 1 is 1.60 bits per heavy atom. The van der Waals surface area contributed by atoms with Gasteiger partial charge < -0.3 is 9.88 Å². The summed E-state index contributed by atoms with van der Waals surface area (Å²) in [7, 11) is 3.66. The first-order valence-electron chi connectivity index (χ1n) is 4.82. The van der Waals surface area contributed by atoms with Crippen LogP contribution in [0.3, 0.4) is 0 Å². The van der Waals surface area contributed by atoms with Crippen molar-refractivity contribution >= 4 is 16.8 Å². The lowest BCUT2D eigenvalue weighted by Crippen LogP contribution is -2.18. The summed E-state index contributed by atoms with van der Waals surface area (Å²) in [5, 5.41) is 3.78. The topological polar surface area (TPSA) is 46.9 Å². The smallest absolute Gasteiger partial charge is 0.178 e. The number of aryl methyl sites for hydroxylation is 1. The number of nitrogens with one attached hydrogen (secondary N) is 1. The van der Waals surface area contributed by atoms with Crippen LogP contribution in [0.15, 0.2) is 24.5 Å². The highest BCUT2D eigenvalue weighted by Crippen LogP contribution is 2.18. The second-order valence-corrected chi connectivity index (χ2v) is 3.48. The summed E-state index contributed by atoms with van der Waals surface area (Å²) >= 11 is 0. The molecule has 0 fully saturated rings. The Morgan fingerprint density at radius 3 is 3.13 bits per heavy atom. The van der Waals surface area contributed by atoms with E-state index in [1.54, 1.807) is 13.2 Å². The summed E-state index contributed by atoms with van der Waals surface area (Å²) in [6, 6.07) is 3.77. The van der Waals surface area contributed by atoms with Crippen LogP contribution in [0.1, 0.15) is 10.4 Å². The SMILES string of the molecule is CNCC(=O)c1cn(C)c2ncccc12. The van der Waals surface area contributed by atoms with Gasteiger partial charge in [0.1, 0.15) is 5.65 Å². The molecule has 2 rings (SSSR count). The summed E-state index contributed by atoms with van der Waals surface area (Å²) in [6.07, 6.45) is 3.56. The standard InChI is InChI=1S/C11H13N3O/c1-12-6-10(15)9-7-14(2)11-8(9)4-3-5-13-11/h3-5,7,12H,6H2,1-2H3. The molecule has 0 atom stereocenters. The number of carbonyl (C=O) groups is 1. The molecule has 0 aliphatic heterocycles. The molecule has 4 heteroatoms. The van der Waals surface area contributed by atoms with E-state index in [0.29, 0.717) is 6.54 Å². The van der Waals surface area contributed by atoms with Gasteiger partial charge in [-0.3, -0.25) is 4.79 Å². The van der Waals surface area contributed by atoms with E-state index in [9.17, 15) is 4.79 Å². The number of hydrogen-bond donors (Lipinski definition) is 1. The number of pyridine rings is 1. The van der Waals surface area contributed by atoms with E-state index in [1.165, 1.54) is 0 Å². The fourth-order valence-electron chi connectivity index (χ4n) is 1.69. The maximum absolute atomic E-state index is 11.8. The minimum absolute atomic E-state index is 0.0936. The Bertz CT molecular complexity index is 502. The first-order valence-corrected chi connectivity index (χ1v) is 4.82. The van der Waals surface area contributed by atoms with Gasteiger partial charge in [-0.05, 0) is 19.2 Å². The number of nitrogens with zero attached hydrogens (tertiary/aromatic N) is 2. The largest absolute Gasteiger partial charge is 0.335 e. The predicted molar refractivity (Wildman–Crippen MR) is 59.0 cm³/mol. The minimum atomic E-state index is 0.0936. The van der Waals surface area contributed by atoms with Crippen LogP contribution in [0.5, 0.6) is 0 Å². The first kappa shape index (κ1) is 9.86. The monoisotopic (exact) mass is 203 g/mol. The van der Waals surface area contributed by atoms with Crippen molar-refractivity contribution in [1.29, 1.82) is 0 Å². The third-order valence-electron chi connectivity index (χ3n) is 2.37. The predicted octanol–water partition coefficient (Wildman–Crippen LogP) is 0.975. The van der Waals surface area contributed by atoms with Crippen LogP contribution in [-0.4, -0.2) is 28.9 Å². The molecule has 2 aromatic rings. The fourth-order valence-corrected chi connectivity index (χ4v) is 1.69. The van der Waals surface area contributed by atoms with E-state index in [2.05, 4.69) is 10.3 Å². The molecule has 78 valence electrons. The van der Waals surface area contributed by atoms with Crippen LogP contribution in [-0.2, 0) is 7.05 Å². The summed E-state index contributed by atoms with van der Waals surface area (Å²) in [5.74, 6) is 0.0936. The summed E-state index contributed by atoms with van der Waals surface area (Å²) < 4.78 is 1.87. The van der Waals surface area contributed by atoms with Gasteiger partial charge in [0.05, 0.1) is 6.54 Å². The number of likely N-dealkylation sites (N-methyl/N-ethyl adjacent to an activating group) is 1. The van der Waals surface area contributed by atoms with Gasteiger partial charge in [-0.1, -0.05) is 0 Å². The number of aromatic nitrogens is 2. The quantitative estimate of drug-likeness (QED) is 0.756. The lowest BCUT2D eigenvalue weighted by atomic mass is 10.1. The van der Waals surface area contributed by atoms with Crippen LogP contribution in [0, 0.1) is 0 Å². The number of Topliss-reactive ketones (excluding diaryl/α,β-unsaturated/α-hetero) is 1. The Hall–Kier alpha value is -1.68. The molecule has 15 heavy (non-hydrogen) atoms. The molecule has 0 saturated heterocycles. The molecule has 0 amide bonds. The minimum Gasteiger partial charge on any atom is -0.335 e. The molecule has 2 aromatic heterocycles. The van der Waals surface area contributed by atoms with Gasteiger partial charge >= 0.3 is 0 Å². The van der Waals surface area contributed by atoms with Crippen LogP contribution >= 0.6 is 0 Å². The van der Waals surface area contributed by atoms with Gasteiger partial charge in [-0.15, -0.1) is 0 Å². The van der Waals surface area contributed by atoms with Gasteiger partial charge in [0.25, 0.3) is 0 Å². The number of fused-ring (bicyclic) bond motifs is 1. The van der Waals surface area contributed by atoms with Crippen molar-refractivity contribution in [2.45, 2.75) is 0 Å². The highest BCUT2D eigenvalue weighted by Gasteiger charge is 2.12. The van der Waals surface area contributed by atoms with E-state index < -0.39 is 0 Å². The van der Waals surface area contributed by atoms with Crippen molar-refractivity contribution in [3.8, 4) is 0 Å². The third kappa shape index (κ3) is 1.64. The van der Waals surface area contributed by atoms with Gasteiger partial charge in [-0.2, -0.15) is 0 Å². The van der Waals surface area contributed by atoms with Crippen molar-refractivity contribution < 1.29 is 4.79 Å². The average molecular weight is 203 g/mol. The van der Waals surface area contributed by atoms with Crippen molar-refractivity contribution in [3.63, 3.8) is 0 Å². The zero-order valence-corrected chi connectivity index (χ0v) is 8.82. The Kier molecular flexibility index (Phi) is 2.51. The van der Waals surface area contributed by atoms with Crippen molar-refractivity contribution in [2.24, 2.45) is 7.05 Å². The van der Waals surface area contributed by atoms with Gasteiger partial charge in [0, 0.05) is 30.4 Å². The van der Waals surface area contributed by atoms with E-state index >= 15 is 0 Å². The highest BCUT2D eigenvalue weighted by atomic mass is 16.1. The number of carbonyl (C=O) groups excluding carboxylic acids is 1. The first-order chi connectivity index (χ1) is 7.24. The van der Waals surface area contributed by atoms with Crippen LogP contribution < -0.4 is 5.32 Å². The molecule has 0 aliphatic carbocycles. The molecule has 0 aliphatic rings. The molecular weight excluding hydrogens is 190 g/mol. The summed E-state index contributed by atoms with van der Waals surface area (Å²) in [5.41, 5.74) is 1.58. The second-order valence-electron chi connectivity index (χ2n) is 3.48. The maximum Gasteiger partial charge on any atom is 0.178 e. The maximum atomic E-state index is 11.8. The van der Waals surface area contributed by atoms with Crippen LogP contribution in [0.4, 0.5) is 0 Å². The van der Waals surface area contributed by atoms with Crippen molar-refractivity contribution in [3.05, 3.63) is 30.1 Å². The normalized spacial score (nSPS) is 10.8. The van der Waals surface area contributed by atoms with Crippen LogP contribution in [0.2, 0.25) is 0 Å². The average Bonchev–Trinajstić information content (AvgIpc) is 2.58. The fraction of sp³-hybridized carbons (Fsp3) is 0.273. The van der Waals surface area contributed by atoms with Crippen molar-refractivity contribution in [2.75, 3.05) is 13.6 Å². The molecule has 2 heterocycles. The molecule has 0 radical (unpaired) electrons. The second kappa shape index (κ2) is 3.82. The Morgan fingerprint density at radius 2 is 2.40 bits per heavy atom. The van der Waals surface area contributed by atoms with E-state index in [0.717, 1.165) is 16.6 Å². The molecule has 0 aromatic carbocycles. The highest BCUT2D eigenvalue weighted by molar-refractivity contribution is 6.08. The number of rotatable bonds is 3. The Balaban J connectivity index is 2.57. The molecule has 4 nitrogen and oxygen atoms in total. The van der Waals surface area contributed by atoms with Crippen molar-refractivity contribution in [1.82, 2.24) is 14.9 Å². The zero-order chi connectivity index (χ0) is 10.8. The Labute approximate surface area is 87.9 Å². The molecule has 0 spiro atoms. The van der Waals surface area contributed by atoms with E-state index in [-0.39, 0.29) is 5.78 Å². The number of hydrogen-bond acceptors (Lipinski definition) is 3. The lowest BCUT2D eigenvalue weighted by molar-refractivity contribution is 0.0995. The van der Waals surface area contributed by atoms with E-state index in [1.807, 2.05) is 29.9 Å². The molecule has 1 N–H and O–H groups in total. The van der Waals surface area contributed by atoms with Crippen LogP contribution in [0.25, 0.3) is 11.0 Å². The molecule has 0 unspecified atom stereocenters. The van der Waals surface area contributed by atoms with Gasteiger partial charge in [0.15, 0.2) is 5.78 Å². The summed E-state index contributed by atoms with van der Waals surface area (Å²) in [6.45, 7) is 0.355. The summed E-state index contributed by atoms with van der Waals surface area (Å²) in [4.78, 5) is 16.0. The molecule has 0 saturated carbocycles. The van der Waals surface area contributed by atoms with Gasteiger partial charge in [0.2, 0.25) is 0 Å². The zero-order valence-electron chi connectivity index (χ0n) is 8.82. The number of ketones is 1. The molecule has 0 bridgehead atoms. The van der Waals surface area contributed by atoms with E-state index in [4.69, 9.17) is 0 Å². The third-order valence-corrected chi connectivity index (χ3v) is 2.37. The van der Waals surface area contributed by atoms with Gasteiger partial charge in [-0.25, -0.2) is 4.98 Å². The molecular formula is C11H13N3O. The lowest BCUT2D eigenvalue weighted by Gasteiger charge is -1.96.